The summed E-state index contributed by atoms with van der Waals surface area (Å²) in [6, 6.07) is 4.90. The predicted octanol–water partition coefficient (Wildman–Crippen LogP) is 2.81. The molecule has 1 saturated heterocycles. The van der Waals surface area contributed by atoms with Crippen LogP contribution in [-0.4, -0.2) is 76.9 Å². The van der Waals surface area contributed by atoms with Crippen molar-refractivity contribution in [2.75, 3.05) is 45.2 Å². The highest BCUT2D eigenvalue weighted by atomic mass is 32.2. The summed E-state index contributed by atoms with van der Waals surface area (Å²) in [5.74, 6) is -0.189. The van der Waals surface area contributed by atoms with Crippen molar-refractivity contribution < 1.29 is 14.3 Å². The van der Waals surface area contributed by atoms with Crippen molar-refractivity contribution >= 4 is 41.7 Å². The zero-order valence-electron chi connectivity index (χ0n) is 22.3. The van der Waals surface area contributed by atoms with Crippen LogP contribution in [0.2, 0.25) is 0 Å². The molecule has 1 aliphatic rings. The number of aromatic nitrogens is 2. The van der Waals surface area contributed by atoms with Crippen LogP contribution in [0.4, 0.5) is 11.4 Å². The van der Waals surface area contributed by atoms with E-state index in [2.05, 4.69) is 18.7 Å². The van der Waals surface area contributed by atoms with Gasteiger partial charge in [-0.3, -0.25) is 14.3 Å². The van der Waals surface area contributed by atoms with Gasteiger partial charge in [0.1, 0.15) is 17.1 Å². The summed E-state index contributed by atoms with van der Waals surface area (Å²) in [5, 5.41) is 4.44. The number of nitrogens with zero attached hydrogens (tertiary/aromatic N) is 6. The lowest BCUT2D eigenvalue weighted by Crippen LogP contribution is -2.34. The summed E-state index contributed by atoms with van der Waals surface area (Å²) in [4.78, 5) is 32.0. The van der Waals surface area contributed by atoms with Crippen molar-refractivity contribution in [2.24, 2.45) is 22.4 Å². The van der Waals surface area contributed by atoms with Crippen LogP contribution in [0.5, 0.6) is 5.75 Å². The first kappa shape index (κ1) is 28.5. The quantitative estimate of drug-likeness (QED) is 0.243. The van der Waals surface area contributed by atoms with E-state index in [1.807, 2.05) is 34.9 Å². The second-order valence-electron chi connectivity index (χ2n) is 9.18. The topological polar surface area (TPSA) is 135 Å². The standard InChI is InChI=1S/C25H38N8O3S/c1-6-9-32(25(35)21-11-17(3)29-33(21)7-2)23-20(28-16-26)12-19(24(27)34)13-22(23)36-15-18-8-10-31(14-18)37-30(4)5/h11-13,16,18H,6-10,14-15H2,1-5H3,(H2,26,28)(H2,27,34). The Morgan fingerprint density at radius 2 is 2.05 bits per heavy atom. The number of aliphatic imine (C=N–C) groups is 1. The van der Waals surface area contributed by atoms with Gasteiger partial charge in [0.2, 0.25) is 5.91 Å². The number of ether oxygens (including phenoxy) is 1. The molecule has 3 rings (SSSR count). The number of hydrogen-bond donors (Lipinski definition) is 2. The maximum Gasteiger partial charge on any atom is 0.276 e. The third-order valence-electron chi connectivity index (χ3n) is 5.94. The maximum absolute atomic E-state index is 13.9. The number of amides is 2. The number of rotatable bonds is 12. The Morgan fingerprint density at radius 3 is 2.68 bits per heavy atom. The Labute approximate surface area is 223 Å². The molecule has 1 aromatic heterocycles. The van der Waals surface area contributed by atoms with Gasteiger partial charge in [-0.25, -0.2) is 13.6 Å². The fourth-order valence-corrected chi connectivity index (χ4v) is 5.30. The lowest BCUT2D eigenvalue weighted by atomic mass is 10.1. The fourth-order valence-electron chi connectivity index (χ4n) is 4.38. The van der Waals surface area contributed by atoms with E-state index in [0.29, 0.717) is 54.9 Å². The Balaban J connectivity index is 2.03. The summed E-state index contributed by atoms with van der Waals surface area (Å²) in [6.07, 6.45) is 2.80. The highest BCUT2D eigenvalue weighted by molar-refractivity contribution is 7.94. The molecule has 1 aromatic carbocycles. The zero-order chi connectivity index (χ0) is 27.1. The molecule has 11 nitrogen and oxygen atoms in total. The molecule has 2 heterocycles. The molecule has 0 bridgehead atoms. The van der Waals surface area contributed by atoms with Gasteiger partial charge < -0.3 is 21.1 Å². The second-order valence-corrected chi connectivity index (χ2v) is 10.6. The van der Waals surface area contributed by atoms with E-state index >= 15 is 0 Å². The van der Waals surface area contributed by atoms with Crippen LogP contribution >= 0.6 is 12.1 Å². The monoisotopic (exact) mass is 530 g/mol. The van der Waals surface area contributed by atoms with Crippen molar-refractivity contribution in [3.05, 3.63) is 35.2 Å². The Kier molecular flexibility index (Phi) is 9.95. The molecule has 2 aromatic rings. The summed E-state index contributed by atoms with van der Waals surface area (Å²) < 4.78 is 12.4. The van der Waals surface area contributed by atoms with E-state index in [4.69, 9.17) is 16.2 Å². The molecular weight excluding hydrogens is 492 g/mol. The van der Waals surface area contributed by atoms with Gasteiger partial charge >= 0.3 is 0 Å². The van der Waals surface area contributed by atoms with Gasteiger partial charge in [0, 0.05) is 49.8 Å². The number of nitrogens with two attached hydrogens (primary N) is 2. The molecule has 1 atom stereocenters. The van der Waals surface area contributed by atoms with Crippen molar-refractivity contribution in [3.8, 4) is 5.75 Å². The third-order valence-corrected chi connectivity index (χ3v) is 6.83. The molecule has 12 heteroatoms. The summed E-state index contributed by atoms with van der Waals surface area (Å²) in [6.45, 7) is 8.98. The van der Waals surface area contributed by atoms with Gasteiger partial charge in [0.15, 0.2) is 0 Å². The third kappa shape index (κ3) is 7.02. The van der Waals surface area contributed by atoms with Crippen molar-refractivity contribution in [2.45, 2.75) is 40.2 Å². The predicted molar refractivity (Wildman–Crippen MR) is 148 cm³/mol. The lowest BCUT2D eigenvalue weighted by Gasteiger charge is -2.27. The molecule has 0 radical (unpaired) electrons. The van der Waals surface area contributed by atoms with Gasteiger partial charge in [-0.2, -0.15) is 5.10 Å². The van der Waals surface area contributed by atoms with Gasteiger partial charge in [-0.05, 0) is 59.0 Å². The molecule has 37 heavy (non-hydrogen) atoms. The van der Waals surface area contributed by atoms with Crippen LogP contribution in [0.15, 0.2) is 23.2 Å². The summed E-state index contributed by atoms with van der Waals surface area (Å²) >= 11 is 1.68. The van der Waals surface area contributed by atoms with Crippen LogP contribution in [0.3, 0.4) is 0 Å². The minimum absolute atomic E-state index is 0.230. The average molecular weight is 531 g/mol. The molecule has 2 amide bonds. The average Bonchev–Trinajstić information content (AvgIpc) is 3.46. The number of aryl methyl sites for hydroxylation is 2. The molecule has 4 N–H and O–H groups in total. The van der Waals surface area contributed by atoms with Crippen molar-refractivity contribution in [1.29, 1.82) is 0 Å². The van der Waals surface area contributed by atoms with E-state index < -0.39 is 5.91 Å². The van der Waals surface area contributed by atoms with Crippen molar-refractivity contribution in [3.63, 3.8) is 0 Å². The van der Waals surface area contributed by atoms with Crippen LogP contribution in [0.1, 0.15) is 53.2 Å². The summed E-state index contributed by atoms with van der Waals surface area (Å²) in [7, 11) is 4.03. The minimum atomic E-state index is -0.618. The molecule has 0 aliphatic carbocycles. The number of carbonyl (C=O) groups excluding carboxylic acids is 2. The molecule has 0 spiro atoms. The fraction of sp³-hybridized carbons (Fsp3) is 0.520. The van der Waals surface area contributed by atoms with Gasteiger partial charge in [0.25, 0.3) is 5.91 Å². The van der Waals surface area contributed by atoms with E-state index in [1.165, 1.54) is 6.07 Å². The zero-order valence-corrected chi connectivity index (χ0v) is 23.1. The molecule has 202 valence electrons. The number of carbonyl (C=O) groups is 2. The highest BCUT2D eigenvalue weighted by Crippen LogP contribution is 2.41. The Hall–Kier alpha value is -3.09. The van der Waals surface area contributed by atoms with Crippen LogP contribution in [0.25, 0.3) is 0 Å². The molecular formula is C25H38N8O3S. The maximum atomic E-state index is 13.9. The lowest BCUT2D eigenvalue weighted by molar-refractivity contribution is 0.0974. The molecule has 1 aliphatic heterocycles. The first-order chi connectivity index (χ1) is 17.7. The molecule has 1 fully saturated rings. The molecule has 1 unspecified atom stereocenters. The summed E-state index contributed by atoms with van der Waals surface area (Å²) in [5.41, 5.74) is 13.5. The van der Waals surface area contributed by atoms with Crippen LogP contribution < -0.4 is 21.1 Å². The van der Waals surface area contributed by atoms with Crippen LogP contribution in [-0.2, 0) is 6.54 Å². The number of benzene rings is 1. The SMILES string of the molecule is CCCN(C(=O)c1cc(C)nn1CC)c1c(N=CN)cc(C(N)=O)cc1OCC1CCN(SN(C)C)C1. The normalized spacial score (nSPS) is 16.1. The minimum Gasteiger partial charge on any atom is -0.491 e. The largest absolute Gasteiger partial charge is 0.491 e. The van der Waals surface area contributed by atoms with Gasteiger partial charge in [-0.1, -0.05) is 6.92 Å². The van der Waals surface area contributed by atoms with Crippen molar-refractivity contribution in [1.82, 2.24) is 18.4 Å². The van der Waals surface area contributed by atoms with E-state index in [1.54, 1.807) is 33.8 Å². The van der Waals surface area contributed by atoms with Gasteiger partial charge in [0.05, 0.1) is 24.3 Å². The number of anilines is 1. The first-order valence-electron chi connectivity index (χ1n) is 12.5. The first-order valence-corrected chi connectivity index (χ1v) is 13.2. The van der Waals surface area contributed by atoms with E-state index in [-0.39, 0.29) is 11.5 Å². The van der Waals surface area contributed by atoms with E-state index in [9.17, 15) is 9.59 Å². The van der Waals surface area contributed by atoms with Crippen LogP contribution in [0, 0.1) is 12.8 Å². The molecule has 0 saturated carbocycles. The number of primary amides is 1. The highest BCUT2D eigenvalue weighted by Gasteiger charge is 2.29. The Bertz CT molecular complexity index is 1130. The van der Waals surface area contributed by atoms with Gasteiger partial charge in [-0.15, -0.1) is 0 Å². The number of hydrogen-bond acceptors (Lipinski definition) is 8. The second kappa shape index (κ2) is 12.9. The Morgan fingerprint density at radius 1 is 1.30 bits per heavy atom. The van der Waals surface area contributed by atoms with E-state index in [0.717, 1.165) is 31.5 Å². The smallest absolute Gasteiger partial charge is 0.276 e.